The molecule has 0 aromatic rings. The number of hydrogen-bond donors (Lipinski definition) is 2. The molecule has 6 nitrogen and oxygen atoms in total. The zero-order valence-corrected chi connectivity index (χ0v) is 18.4. The zero-order chi connectivity index (χ0) is 17.4. The molecule has 0 radical (unpaired) electrons. The number of nitrogens with zero attached hydrogens (tertiary/aromatic N) is 3. The van der Waals surface area contributed by atoms with E-state index in [2.05, 4.69) is 27.4 Å². The van der Waals surface area contributed by atoms with Crippen LogP contribution in [0, 0.1) is 0 Å². The first-order chi connectivity index (χ1) is 11.6. The van der Waals surface area contributed by atoms with E-state index in [9.17, 15) is 4.79 Å². The van der Waals surface area contributed by atoms with E-state index in [-0.39, 0.29) is 36.4 Å². The summed E-state index contributed by atoms with van der Waals surface area (Å²) >= 11 is 0. The van der Waals surface area contributed by atoms with Crippen molar-refractivity contribution in [2.45, 2.75) is 64.0 Å². The van der Waals surface area contributed by atoms with E-state index in [1.165, 1.54) is 45.2 Å². The van der Waals surface area contributed by atoms with Crippen molar-refractivity contribution >= 4 is 35.8 Å². The first-order valence-electron chi connectivity index (χ1n) is 9.59. The number of likely N-dealkylation sites (N-methyl/N-ethyl adjacent to an activating group) is 1. The Morgan fingerprint density at radius 2 is 1.76 bits per heavy atom. The molecular weight excluding hydrogens is 429 g/mol. The van der Waals surface area contributed by atoms with Gasteiger partial charge in [0.25, 0.3) is 0 Å². The molecule has 1 aliphatic heterocycles. The highest BCUT2D eigenvalue weighted by molar-refractivity contribution is 14.0. The van der Waals surface area contributed by atoms with Gasteiger partial charge in [-0.25, -0.2) is 4.99 Å². The van der Waals surface area contributed by atoms with E-state index in [0.717, 1.165) is 31.4 Å². The second kappa shape index (κ2) is 11.9. The van der Waals surface area contributed by atoms with Gasteiger partial charge in [0.05, 0.1) is 0 Å². The summed E-state index contributed by atoms with van der Waals surface area (Å²) in [5.74, 6) is 0.795. The Hall–Kier alpha value is -0.570. The topological polar surface area (TPSA) is 60.0 Å². The molecule has 0 spiro atoms. The molecule has 1 saturated carbocycles. The van der Waals surface area contributed by atoms with Gasteiger partial charge in [0.2, 0.25) is 5.91 Å². The molecule has 1 heterocycles. The zero-order valence-electron chi connectivity index (χ0n) is 16.1. The predicted octanol–water partition coefficient (Wildman–Crippen LogP) is 2.04. The highest BCUT2D eigenvalue weighted by Crippen LogP contribution is 2.25. The fourth-order valence-electron chi connectivity index (χ4n) is 3.66. The molecule has 2 rings (SSSR count). The Morgan fingerprint density at radius 1 is 1.12 bits per heavy atom. The van der Waals surface area contributed by atoms with Gasteiger partial charge in [-0.05, 0) is 32.6 Å². The minimum atomic E-state index is 0. The predicted molar refractivity (Wildman–Crippen MR) is 115 cm³/mol. The lowest BCUT2D eigenvalue weighted by Crippen LogP contribution is -2.51. The van der Waals surface area contributed by atoms with E-state index >= 15 is 0 Å². The maximum atomic E-state index is 11.7. The average Bonchev–Trinajstić information content (AvgIpc) is 2.61. The molecule has 1 saturated heterocycles. The fourth-order valence-corrected chi connectivity index (χ4v) is 3.66. The number of nitrogens with one attached hydrogen (secondary N) is 2. The number of carbonyl (C=O) groups excluding carboxylic acids is 1. The molecule has 0 aromatic carbocycles. The van der Waals surface area contributed by atoms with Crippen molar-refractivity contribution in [2.24, 2.45) is 4.99 Å². The van der Waals surface area contributed by atoms with Gasteiger partial charge < -0.3 is 20.4 Å². The van der Waals surface area contributed by atoms with Gasteiger partial charge in [-0.2, -0.15) is 0 Å². The molecule has 2 N–H and O–H groups in total. The summed E-state index contributed by atoms with van der Waals surface area (Å²) in [5.41, 5.74) is 0. The van der Waals surface area contributed by atoms with E-state index < -0.39 is 0 Å². The normalized spacial score (nSPS) is 20.7. The summed E-state index contributed by atoms with van der Waals surface area (Å²) in [7, 11) is 3.53. The SMILES string of the molecule is CCNC(=NCC(=O)N(C)C)NC1CCN(C2CCCCC2)CC1.I. The molecule has 0 bridgehead atoms. The number of halogens is 1. The molecule has 146 valence electrons. The summed E-state index contributed by atoms with van der Waals surface area (Å²) in [5, 5.41) is 6.77. The number of rotatable bonds is 5. The smallest absolute Gasteiger partial charge is 0.243 e. The second-order valence-corrected chi connectivity index (χ2v) is 7.23. The minimum Gasteiger partial charge on any atom is -0.357 e. The van der Waals surface area contributed by atoms with Crippen molar-refractivity contribution in [1.29, 1.82) is 0 Å². The number of amides is 1. The Labute approximate surface area is 170 Å². The van der Waals surface area contributed by atoms with Crippen LogP contribution in [0.15, 0.2) is 4.99 Å². The van der Waals surface area contributed by atoms with Crippen molar-refractivity contribution in [3.63, 3.8) is 0 Å². The lowest BCUT2D eigenvalue weighted by Gasteiger charge is -2.39. The van der Waals surface area contributed by atoms with Crippen LogP contribution in [0.25, 0.3) is 0 Å². The van der Waals surface area contributed by atoms with Crippen LogP contribution < -0.4 is 10.6 Å². The standard InChI is InChI=1S/C18H35N5O.HI/c1-4-19-18(20-14-17(24)22(2)3)21-15-10-12-23(13-11-15)16-8-6-5-7-9-16;/h15-16H,4-14H2,1-3H3,(H2,19,20,21);1H. The number of piperidine rings is 1. The first-order valence-corrected chi connectivity index (χ1v) is 9.59. The van der Waals surface area contributed by atoms with Crippen LogP contribution in [0.3, 0.4) is 0 Å². The number of guanidine groups is 1. The van der Waals surface area contributed by atoms with Gasteiger partial charge in [0.15, 0.2) is 5.96 Å². The number of carbonyl (C=O) groups is 1. The summed E-state index contributed by atoms with van der Waals surface area (Å²) < 4.78 is 0. The first kappa shape index (κ1) is 22.5. The van der Waals surface area contributed by atoms with Crippen molar-refractivity contribution in [2.75, 3.05) is 40.3 Å². The highest BCUT2D eigenvalue weighted by atomic mass is 127. The van der Waals surface area contributed by atoms with Gasteiger partial charge in [-0.3, -0.25) is 4.79 Å². The van der Waals surface area contributed by atoms with E-state index in [1.54, 1.807) is 19.0 Å². The largest absolute Gasteiger partial charge is 0.357 e. The quantitative estimate of drug-likeness (QED) is 0.371. The molecule has 0 atom stereocenters. The maximum Gasteiger partial charge on any atom is 0.243 e. The van der Waals surface area contributed by atoms with Gasteiger partial charge in [0.1, 0.15) is 6.54 Å². The minimum absolute atomic E-state index is 0. The monoisotopic (exact) mass is 465 g/mol. The van der Waals surface area contributed by atoms with Gasteiger partial charge in [-0.1, -0.05) is 19.3 Å². The Morgan fingerprint density at radius 3 is 2.32 bits per heavy atom. The molecule has 0 aromatic heterocycles. The average molecular weight is 465 g/mol. The lowest BCUT2D eigenvalue weighted by atomic mass is 9.92. The Kier molecular flexibility index (Phi) is 10.7. The Balaban J connectivity index is 0.00000312. The summed E-state index contributed by atoms with van der Waals surface area (Å²) in [4.78, 5) is 20.4. The summed E-state index contributed by atoms with van der Waals surface area (Å²) in [6.07, 6.45) is 9.30. The van der Waals surface area contributed by atoms with Gasteiger partial charge in [-0.15, -0.1) is 24.0 Å². The molecule has 7 heteroatoms. The number of hydrogen-bond acceptors (Lipinski definition) is 3. The molecular formula is C18H36IN5O. The third-order valence-corrected chi connectivity index (χ3v) is 5.18. The lowest BCUT2D eigenvalue weighted by molar-refractivity contribution is -0.127. The van der Waals surface area contributed by atoms with Crippen LogP contribution in [0.2, 0.25) is 0 Å². The van der Waals surface area contributed by atoms with E-state index in [0.29, 0.717) is 6.04 Å². The van der Waals surface area contributed by atoms with Crippen LogP contribution in [0.4, 0.5) is 0 Å². The second-order valence-electron chi connectivity index (χ2n) is 7.23. The maximum absolute atomic E-state index is 11.7. The van der Waals surface area contributed by atoms with Crippen LogP contribution in [-0.4, -0.2) is 74.0 Å². The number of aliphatic imine (C=N–C) groups is 1. The third kappa shape index (κ3) is 7.68. The summed E-state index contributed by atoms with van der Waals surface area (Å²) in [6, 6.07) is 1.27. The van der Waals surface area contributed by atoms with E-state index in [4.69, 9.17) is 0 Å². The molecule has 25 heavy (non-hydrogen) atoms. The fraction of sp³-hybridized carbons (Fsp3) is 0.889. The molecule has 2 aliphatic rings. The number of likely N-dealkylation sites (tertiary alicyclic amines) is 1. The summed E-state index contributed by atoms with van der Waals surface area (Å²) in [6.45, 7) is 5.42. The highest BCUT2D eigenvalue weighted by Gasteiger charge is 2.26. The molecule has 0 unspecified atom stereocenters. The van der Waals surface area contributed by atoms with Gasteiger partial charge in [0, 0.05) is 45.8 Å². The molecule has 1 amide bonds. The Bertz CT molecular complexity index is 416. The van der Waals surface area contributed by atoms with Crippen LogP contribution in [-0.2, 0) is 4.79 Å². The van der Waals surface area contributed by atoms with Crippen molar-refractivity contribution in [3.8, 4) is 0 Å². The van der Waals surface area contributed by atoms with Crippen molar-refractivity contribution in [1.82, 2.24) is 20.4 Å². The van der Waals surface area contributed by atoms with Gasteiger partial charge >= 0.3 is 0 Å². The van der Waals surface area contributed by atoms with Crippen LogP contribution in [0.5, 0.6) is 0 Å². The molecule has 2 fully saturated rings. The molecule has 1 aliphatic carbocycles. The van der Waals surface area contributed by atoms with Crippen LogP contribution >= 0.6 is 24.0 Å². The van der Waals surface area contributed by atoms with Crippen molar-refractivity contribution < 1.29 is 4.79 Å². The third-order valence-electron chi connectivity index (χ3n) is 5.18. The van der Waals surface area contributed by atoms with Crippen LogP contribution in [0.1, 0.15) is 51.9 Å². The van der Waals surface area contributed by atoms with E-state index in [1.807, 2.05) is 0 Å². The van der Waals surface area contributed by atoms with Crippen molar-refractivity contribution in [3.05, 3.63) is 0 Å².